The van der Waals surface area contributed by atoms with Gasteiger partial charge in [-0.05, 0) is 12.8 Å². The van der Waals surface area contributed by atoms with Crippen molar-refractivity contribution in [3.8, 4) is 0 Å². The van der Waals surface area contributed by atoms with Gasteiger partial charge in [0, 0.05) is 6.42 Å². The van der Waals surface area contributed by atoms with Gasteiger partial charge in [0.2, 0.25) is 5.91 Å². The molecule has 0 saturated heterocycles. The molecule has 0 aliphatic rings. The number of hydrogen-bond acceptors (Lipinski definition) is 3. The Morgan fingerprint density at radius 2 is 0.711 bits per heavy atom. The highest BCUT2D eigenvalue weighted by atomic mass is 16.3. The van der Waals surface area contributed by atoms with Gasteiger partial charge in [-0.3, -0.25) is 4.79 Å². The summed E-state index contributed by atoms with van der Waals surface area (Å²) in [5.74, 6) is -0.0281. The molecule has 0 aromatic carbocycles. The molecule has 0 aliphatic carbocycles. The van der Waals surface area contributed by atoms with Gasteiger partial charge in [0.25, 0.3) is 0 Å². The van der Waals surface area contributed by atoms with Crippen molar-refractivity contribution in [1.29, 1.82) is 0 Å². The molecule has 2 atom stereocenters. The lowest BCUT2D eigenvalue weighted by atomic mass is 10.0. The summed E-state index contributed by atoms with van der Waals surface area (Å²) in [5, 5.41) is 23.1. The van der Waals surface area contributed by atoms with E-state index in [4.69, 9.17) is 0 Å². The Morgan fingerprint density at radius 3 is 1.00 bits per heavy atom. The SMILES string of the molecule is CCCCCCCCCCCCCCCCCCCCCCC(O)C(CO)NC(=O)CCCCCCCCCCCCCCC. The third-order valence-electron chi connectivity index (χ3n) is 9.87. The minimum atomic E-state index is -0.652. The molecule has 0 bridgehead atoms. The Labute approximate surface area is 283 Å². The predicted octanol–water partition coefficient (Wildman–Crippen LogP) is 12.5. The molecule has 0 aliphatic heterocycles. The lowest BCUT2D eigenvalue weighted by molar-refractivity contribution is -0.123. The van der Waals surface area contributed by atoms with Gasteiger partial charge in [-0.25, -0.2) is 0 Å². The third-order valence-corrected chi connectivity index (χ3v) is 9.87. The number of hydrogen-bond donors (Lipinski definition) is 3. The smallest absolute Gasteiger partial charge is 0.220 e. The molecule has 1 amide bonds. The molecule has 0 saturated carbocycles. The maximum atomic E-state index is 12.3. The zero-order chi connectivity index (χ0) is 32.9. The number of aliphatic hydroxyl groups excluding tert-OH is 2. The molecule has 0 aromatic rings. The van der Waals surface area contributed by atoms with Crippen LogP contribution < -0.4 is 5.32 Å². The number of unbranched alkanes of at least 4 members (excludes halogenated alkanes) is 31. The van der Waals surface area contributed by atoms with E-state index in [1.54, 1.807) is 0 Å². The second kappa shape index (κ2) is 37.8. The number of rotatable bonds is 38. The van der Waals surface area contributed by atoms with E-state index in [1.165, 1.54) is 186 Å². The molecular weight excluding hydrogens is 554 g/mol. The van der Waals surface area contributed by atoms with Crippen molar-refractivity contribution in [2.24, 2.45) is 0 Å². The first-order valence-corrected chi connectivity index (χ1v) is 20.7. The molecule has 45 heavy (non-hydrogen) atoms. The number of aliphatic hydroxyl groups is 2. The standard InChI is InChI=1S/C41H83NO3/c1-3-5-7-9-11-13-15-17-18-19-20-21-22-23-25-26-28-30-32-34-36-40(44)39(38-43)42-41(45)37-35-33-31-29-27-24-16-14-12-10-8-6-4-2/h39-40,43-44H,3-38H2,1-2H3,(H,42,45). The van der Waals surface area contributed by atoms with Crippen molar-refractivity contribution in [1.82, 2.24) is 5.32 Å². The summed E-state index contributed by atoms with van der Waals surface area (Å²) in [4.78, 5) is 12.3. The lowest BCUT2D eigenvalue weighted by Gasteiger charge is -2.22. The van der Waals surface area contributed by atoms with Gasteiger partial charge in [-0.2, -0.15) is 0 Å². The van der Waals surface area contributed by atoms with Crippen LogP contribution in [0.5, 0.6) is 0 Å². The quantitative estimate of drug-likeness (QED) is 0.0590. The van der Waals surface area contributed by atoms with Gasteiger partial charge in [-0.1, -0.05) is 219 Å². The molecule has 0 aromatic heterocycles. The van der Waals surface area contributed by atoms with Gasteiger partial charge in [0.1, 0.15) is 0 Å². The van der Waals surface area contributed by atoms with E-state index in [0.29, 0.717) is 12.8 Å². The third kappa shape index (κ3) is 34.5. The minimum absolute atomic E-state index is 0.0281. The second-order valence-electron chi connectivity index (χ2n) is 14.4. The van der Waals surface area contributed by atoms with Gasteiger partial charge in [0.15, 0.2) is 0 Å². The van der Waals surface area contributed by atoms with Crippen LogP contribution in [-0.2, 0) is 4.79 Å². The number of nitrogens with one attached hydrogen (secondary N) is 1. The maximum absolute atomic E-state index is 12.3. The van der Waals surface area contributed by atoms with Crippen LogP contribution in [0.1, 0.15) is 239 Å². The van der Waals surface area contributed by atoms with E-state index in [-0.39, 0.29) is 12.5 Å². The first-order chi connectivity index (χ1) is 22.2. The first kappa shape index (κ1) is 44.4. The van der Waals surface area contributed by atoms with E-state index in [9.17, 15) is 15.0 Å². The molecule has 0 fully saturated rings. The highest BCUT2D eigenvalue weighted by molar-refractivity contribution is 5.76. The zero-order valence-electron chi connectivity index (χ0n) is 30.9. The molecule has 270 valence electrons. The Bertz CT molecular complexity index is 569. The van der Waals surface area contributed by atoms with Crippen molar-refractivity contribution in [3.63, 3.8) is 0 Å². The van der Waals surface area contributed by atoms with Crippen LogP contribution in [0.2, 0.25) is 0 Å². The van der Waals surface area contributed by atoms with Crippen LogP contribution >= 0.6 is 0 Å². The van der Waals surface area contributed by atoms with Crippen LogP contribution in [0, 0.1) is 0 Å². The fourth-order valence-corrected chi connectivity index (χ4v) is 6.66. The fraction of sp³-hybridized carbons (Fsp3) is 0.976. The predicted molar refractivity (Wildman–Crippen MR) is 198 cm³/mol. The summed E-state index contributed by atoms with van der Waals surface area (Å²) in [6.45, 7) is 4.37. The van der Waals surface area contributed by atoms with Crippen LogP contribution in [0.4, 0.5) is 0 Å². The number of carbonyl (C=O) groups excluding carboxylic acids is 1. The molecular formula is C41H83NO3. The minimum Gasteiger partial charge on any atom is -0.394 e. The molecule has 0 heterocycles. The molecule has 4 nitrogen and oxygen atoms in total. The van der Waals surface area contributed by atoms with Crippen LogP contribution in [0.25, 0.3) is 0 Å². The van der Waals surface area contributed by atoms with Crippen LogP contribution in [0.3, 0.4) is 0 Å². The lowest BCUT2D eigenvalue weighted by Crippen LogP contribution is -2.45. The summed E-state index contributed by atoms with van der Waals surface area (Å²) >= 11 is 0. The van der Waals surface area contributed by atoms with Crippen molar-refractivity contribution < 1.29 is 15.0 Å². The molecule has 3 N–H and O–H groups in total. The normalized spacial score (nSPS) is 12.9. The topological polar surface area (TPSA) is 69.6 Å². The molecule has 0 rings (SSSR count). The summed E-state index contributed by atoms with van der Waals surface area (Å²) < 4.78 is 0. The summed E-state index contributed by atoms with van der Waals surface area (Å²) in [5.41, 5.74) is 0. The van der Waals surface area contributed by atoms with Crippen molar-refractivity contribution in [3.05, 3.63) is 0 Å². The van der Waals surface area contributed by atoms with Crippen molar-refractivity contribution in [2.75, 3.05) is 6.61 Å². The van der Waals surface area contributed by atoms with E-state index >= 15 is 0 Å². The number of carbonyl (C=O) groups is 1. The second-order valence-corrected chi connectivity index (χ2v) is 14.4. The first-order valence-electron chi connectivity index (χ1n) is 20.7. The van der Waals surface area contributed by atoms with Gasteiger partial charge in [0.05, 0.1) is 18.8 Å². The van der Waals surface area contributed by atoms with Crippen molar-refractivity contribution in [2.45, 2.75) is 251 Å². The Balaban J connectivity index is 3.47. The Hall–Kier alpha value is -0.610. The van der Waals surface area contributed by atoms with Gasteiger partial charge >= 0.3 is 0 Å². The van der Waals surface area contributed by atoms with Crippen LogP contribution in [-0.4, -0.2) is 34.9 Å². The molecule has 0 spiro atoms. The average molecular weight is 638 g/mol. The fourth-order valence-electron chi connectivity index (χ4n) is 6.66. The summed E-state index contributed by atoms with van der Waals surface area (Å²) in [6.07, 6.45) is 44.6. The number of amides is 1. The largest absolute Gasteiger partial charge is 0.394 e. The zero-order valence-corrected chi connectivity index (χ0v) is 30.9. The highest BCUT2D eigenvalue weighted by Gasteiger charge is 2.20. The van der Waals surface area contributed by atoms with Gasteiger partial charge < -0.3 is 15.5 Å². The van der Waals surface area contributed by atoms with Gasteiger partial charge in [-0.15, -0.1) is 0 Å². The Morgan fingerprint density at radius 1 is 0.444 bits per heavy atom. The van der Waals surface area contributed by atoms with E-state index in [1.807, 2.05) is 0 Å². The maximum Gasteiger partial charge on any atom is 0.220 e. The van der Waals surface area contributed by atoms with E-state index in [0.717, 1.165) is 25.7 Å². The average Bonchev–Trinajstić information content (AvgIpc) is 3.04. The summed E-state index contributed by atoms with van der Waals surface area (Å²) in [6, 6.07) is -0.528. The van der Waals surface area contributed by atoms with E-state index in [2.05, 4.69) is 19.2 Å². The molecule has 2 unspecified atom stereocenters. The highest BCUT2D eigenvalue weighted by Crippen LogP contribution is 2.16. The monoisotopic (exact) mass is 638 g/mol. The molecule has 0 radical (unpaired) electrons. The molecule has 4 heteroatoms. The van der Waals surface area contributed by atoms with E-state index < -0.39 is 12.1 Å². The van der Waals surface area contributed by atoms with Crippen molar-refractivity contribution >= 4 is 5.91 Å². The Kier molecular flexibility index (Phi) is 37.3. The van der Waals surface area contributed by atoms with Crippen LogP contribution in [0.15, 0.2) is 0 Å². The summed E-state index contributed by atoms with van der Waals surface area (Å²) in [7, 11) is 0.